The summed E-state index contributed by atoms with van der Waals surface area (Å²) < 4.78 is 5.39. The first-order valence-corrected chi connectivity index (χ1v) is 5.89. The molecule has 1 saturated heterocycles. The number of rotatable bonds is 0. The average Bonchev–Trinajstić information content (AvgIpc) is 2.52. The molecule has 1 spiro atoms. The van der Waals surface area contributed by atoms with Gasteiger partial charge in [-0.1, -0.05) is 27.2 Å². The third-order valence-corrected chi connectivity index (χ3v) is 3.50. The predicted octanol–water partition coefficient (Wildman–Crippen LogP) is 3.63. The summed E-state index contributed by atoms with van der Waals surface area (Å²) in [5, 5.41) is 0. The van der Waals surface area contributed by atoms with Crippen LogP contribution in [0.4, 0.5) is 0 Å². The number of hydrogen-bond acceptors (Lipinski definition) is 1. The molecule has 2 fully saturated rings. The van der Waals surface area contributed by atoms with Gasteiger partial charge in [-0.2, -0.15) is 0 Å². The van der Waals surface area contributed by atoms with E-state index in [1.54, 1.807) is 0 Å². The van der Waals surface area contributed by atoms with Gasteiger partial charge in [-0.05, 0) is 37.0 Å². The first-order valence-electron chi connectivity index (χ1n) is 5.89. The lowest BCUT2D eigenvalue weighted by Crippen LogP contribution is -2.26. The van der Waals surface area contributed by atoms with Gasteiger partial charge in [-0.15, -0.1) is 0 Å². The maximum atomic E-state index is 5.39. The van der Waals surface area contributed by atoms with Crippen LogP contribution in [0.25, 0.3) is 0 Å². The van der Waals surface area contributed by atoms with Gasteiger partial charge in [-0.25, -0.2) is 0 Å². The first-order chi connectivity index (χ1) is 6.31. The fraction of sp³-hybridized carbons (Fsp3) is 1.00. The van der Waals surface area contributed by atoms with Gasteiger partial charge in [0, 0.05) is 13.2 Å². The van der Waals surface area contributed by atoms with Crippen molar-refractivity contribution >= 4 is 0 Å². The van der Waals surface area contributed by atoms with E-state index in [4.69, 9.17) is 4.74 Å². The molecule has 1 saturated carbocycles. The normalized spacial score (nSPS) is 31.2. The van der Waals surface area contributed by atoms with Crippen molar-refractivity contribution in [2.45, 2.75) is 52.9 Å². The molecule has 2 aliphatic rings. The second-order valence-corrected chi connectivity index (χ2v) is 4.46. The third-order valence-electron chi connectivity index (χ3n) is 3.50. The standard InChI is InChI=1S/C10H18O.C2H6/c1-9-2-3-10(8-9)4-6-11-7-5-10;1-2/h9H,2-8H2,1H3;1-2H3. The molecule has 0 bridgehead atoms. The molecule has 78 valence electrons. The van der Waals surface area contributed by atoms with Crippen LogP contribution in [0, 0.1) is 11.3 Å². The highest BCUT2D eigenvalue weighted by Crippen LogP contribution is 2.48. The Labute approximate surface area is 82.9 Å². The van der Waals surface area contributed by atoms with Crippen LogP contribution in [0.3, 0.4) is 0 Å². The van der Waals surface area contributed by atoms with Gasteiger partial charge < -0.3 is 4.74 Å². The minimum absolute atomic E-state index is 0.720. The molecular formula is C12H24O. The van der Waals surface area contributed by atoms with Crippen LogP contribution in [-0.4, -0.2) is 13.2 Å². The molecule has 0 aromatic rings. The lowest BCUT2D eigenvalue weighted by molar-refractivity contribution is 0.0165. The highest BCUT2D eigenvalue weighted by atomic mass is 16.5. The minimum Gasteiger partial charge on any atom is -0.381 e. The Balaban J connectivity index is 0.000000396. The van der Waals surface area contributed by atoms with Crippen LogP contribution in [0.15, 0.2) is 0 Å². The van der Waals surface area contributed by atoms with Gasteiger partial charge in [0.05, 0.1) is 0 Å². The zero-order chi connectivity index (χ0) is 9.73. The Hall–Kier alpha value is -0.0400. The molecule has 1 heterocycles. The number of ether oxygens (including phenoxy) is 1. The summed E-state index contributed by atoms with van der Waals surface area (Å²) >= 11 is 0. The Morgan fingerprint density at radius 3 is 2.15 bits per heavy atom. The topological polar surface area (TPSA) is 9.23 Å². The van der Waals surface area contributed by atoms with E-state index in [9.17, 15) is 0 Å². The van der Waals surface area contributed by atoms with Crippen molar-refractivity contribution < 1.29 is 4.74 Å². The third kappa shape index (κ3) is 2.70. The van der Waals surface area contributed by atoms with Crippen molar-refractivity contribution in [2.75, 3.05) is 13.2 Å². The van der Waals surface area contributed by atoms with E-state index in [-0.39, 0.29) is 0 Å². The molecule has 0 aromatic heterocycles. The van der Waals surface area contributed by atoms with E-state index < -0.39 is 0 Å². The lowest BCUT2D eigenvalue weighted by atomic mass is 9.78. The molecule has 0 amide bonds. The molecule has 13 heavy (non-hydrogen) atoms. The zero-order valence-electron chi connectivity index (χ0n) is 9.44. The van der Waals surface area contributed by atoms with E-state index in [1.807, 2.05) is 13.8 Å². The summed E-state index contributed by atoms with van der Waals surface area (Å²) in [7, 11) is 0. The first kappa shape index (κ1) is 11.0. The highest BCUT2D eigenvalue weighted by Gasteiger charge is 2.38. The maximum absolute atomic E-state index is 5.39. The van der Waals surface area contributed by atoms with Crippen molar-refractivity contribution in [3.63, 3.8) is 0 Å². The largest absolute Gasteiger partial charge is 0.381 e. The minimum atomic E-state index is 0.720. The van der Waals surface area contributed by atoms with Crippen LogP contribution in [0.2, 0.25) is 0 Å². The summed E-state index contributed by atoms with van der Waals surface area (Å²) in [5.74, 6) is 0.980. The Kier molecular flexibility index (Phi) is 4.24. The van der Waals surface area contributed by atoms with E-state index in [0.717, 1.165) is 24.5 Å². The van der Waals surface area contributed by atoms with Gasteiger partial charge >= 0.3 is 0 Å². The van der Waals surface area contributed by atoms with Gasteiger partial charge in [0.15, 0.2) is 0 Å². The van der Waals surface area contributed by atoms with Crippen molar-refractivity contribution in [1.29, 1.82) is 0 Å². The van der Waals surface area contributed by atoms with E-state index in [1.165, 1.54) is 32.1 Å². The van der Waals surface area contributed by atoms with Crippen molar-refractivity contribution in [2.24, 2.45) is 11.3 Å². The van der Waals surface area contributed by atoms with Crippen LogP contribution < -0.4 is 0 Å². The molecule has 1 atom stereocenters. The quantitative estimate of drug-likeness (QED) is 0.558. The molecule has 1 aliphatic carbocycles. The summed E-state index contributed by atoms with van der Waals surface area (Å²) in [6.07, 6.45) is 7.06. The summed E-state index contributed by atoms with van der Waals surface area (Å²) in [4.78, 5) is 0. The van der Waals surface area contributed by atoms with E-state index in [0.29, 0.717) is 0 Å². The van der Waals surface area contributed by atoms with Gasteiger partial charge in [0.25, 0.3) is 0 Å². The number of hydrogen-bond donors (Lipinski definition) is 0. The van der Waals surface area contributed by atoms with Crippen molar-refractivity contribution in [3.05, 3.63) is 0 Å². The second kappa shape index (κ2) is 4.99. The Morgan fingerprint density at radius 2 is 1.69 bits per heavy atom. The molecule has 0 radical (unpaired) electrons. The van der Waals surface area contributed by atoms with Crippen molar-refractivity contribution in [1.82, 2.24) is 0 Å². The van der Waals surface area contributed by atoms with Gasteiger partial charge in [0.1, 0.15) is 0 Å². The monoisotopic (exact) mass is 184 g/mol. The Bertz CT molecular complexity index is 131. The molecular weight excluding hydrogens is 160 g/mol. The van der Waals surface area contributed by atoms with Crippen LogP contribution in [0.1, 0.15) is 52.9 Å². The second-order valence-electron chi connectivity index (χ2n) is 4.46. The fourth-order valence-corrected chi connectivity index (χ4v) is 2.75. The highest BCUT2D eigenvalue weighted by molar-refractivity contribution is 4.88. The van der Waals surface area contributed by atoms with E-state index >= 15 is 0 Å². The molecule has 1 aliphatic heterocycles. The van der Waals surface area contributed by atoms with Crippen molar-refractivity contribution in [3.8, 4) is 0 Å². The summed E-state index contributed by atoms with van der Waals surface area (Å²) in [5.41, 5.74) is 0.720. The van der Waals surface area contributed by atoms with Crippen LogP contribution in [0.5, 0.6) is 0 Å². The fourth-order valence-electron chi connectivity index (χ4n) is 2.75. The van der Waals surface area contributed by atoms with Crippen LogP contribution >= 0.6 is 0 Å². The Morgan fingerprint density at radius 1 is 1.08 bits per heavy atom. The molecule has 0 aromatic carbocycles. The lowest BCUT2D eigenvalue weighted by Gasteiger charge is -2.33. The van der Waals surface area contributed by atoms with Gasteiger partial charge in [-0.3, -0.25) is 0 Å². The average molecular weight is 184 g/mol. The molecule has 2 rings (SSSR count). The summed E-state index contributed by atoms with van der Waals surface area (Å²) in [6.45, 7) is 8.43. The summed E-state index contributed by atoms with van der Waals surface area (Å²) in [6, 6.07) is 0. The molecule has 1 nitrogen and oxygen atoms in total. The molecule has 1 unspecified atom stereocenters. The smallest absolute Gasteiger partial charge is 0.0471 e. The molecule has 1 heteroatoms. The molecule has 0 N–H and O–H groups in total. The predicted molar refractivity (Wildman–Crippen MR) is 56.8 cm³/mol. The zero-order valence-corrected chi connectivity index (χ0v) is 9.44. The van der Waals surface area contributed by atoms with E-state index in [2.05, 4.69) is 6.92 Å². The van der Waals surface area contributed by atoms with Gasteiger partial charge in [0.2, 0.25) is 0 Å². The van der Waals surface area contributed by atoms with Crippen LogP contribution in [-0.2, 0) is 4.74 Å². The SMILES string of the molecule is CC.CC1CCC2(CCOCC2)C1. The maximum Gasteiger partial charge on any atom is 0.0471 e.